The van der Waals surface area contributed by atoms with Crippen LogP contribution in [0.1, 0.15) is 16.2 Å². The van der Waals surface area contributed by atoms with Crippen LogP contribution in [0.3, 0.4) is 0 Å². The summed E-state index contributed by atoms with van der Waals surface area (Å²) in [7, 11) is 0. The number of allylic oxidation sites excluding steroid dienone is 1. The molecule has 0 atom stereocenters. The van der Waals surface area contributed by atoms with E-state index in [1.807, 2.05) is 18.2 Å². The number of aromatic nitrogens is 1. The molecule has 0 spiro atoms. The molecule has 6 heteroatoms. The summed E-state index contributed by atoms with van der Waals surface area (Å²) in [5.74, 6) is -0.764. The number of benzene rings is 2. The molecule has 0 bridgehead atoms. The fourth-order valence-electron chi connectivity index (χ4n) is 1.99. The van der Waals surface area contributed by atoms with E-state index in [4.69, 9.17) is 9.52 Å². The molecule has 0 saturated carbocycles. The van der Waals surface area contributed by atoms with Crippen molar-refractivity contribution < 1.29 is 14.3 Å². The van der Waals surface area contributed by atoms with E-state index >= 15 is 0 Å². The maximum absolute atomic E-state index is 10.8. The molecule has 0 fully saturated rings. The van der Waals surface area contributed by atoms with Crippen molar-refractivity contribution in [1.29, 1.82) is 5.26 Å². The number of oxazole rings is 1. The van der Waals surface area contributed by atoms with Crippen LogP contribution in [0.15, 0.2) is 59.1 Å². The molecule has 0 aliphatic carbocycles. The molecule has 23 heavy (non-hydrogen) atoms. The Labute approximate surface area is 131 Å². The van der Waals surface area contributed by atoms with Gasteiger partial charge in [0.1, 0.15) is 17.2 Å². The summed E-state index contributed by atoms with van der Waals surface area (Å²) in [6.07, 6.45) is 1.47. The minimum Gasteiger partial charge on any atom is -0.478 e. The predicted octanol–water partition coefficient (Wildman–Crippen LogP) is 3.50. The third kappa shape index (κ3) is 3.04. The van der Waals surface area contributed by atoms with Crippen molar-refractivity contribution in [2.24, 2.45) is 0 Å². The van der Waals surface area contributed by atoms with E-state index in [-0.39, 0.29) is 17.0 Å². The summed E-state index contributed by atoms with van der Waals surface area (Å²) in [5.41, 5.74) is 2.37. The largest absolute Gasteiger partial charge is 0.478 e. The van der Waals surface area contributed by atoms with Crippen molar-refractivity contribution in [3.05, 3.63) is 66.2 Å². The summed E-state index contributed by atoms with van der Waals surface area (Å²) >= 11 is 0. The Hall–Kier alpha value is -3.59. The Kier molecular flexibility index (Phi) is 3.77. The van der Waals surface area contributed by atoms with Gasteiger partial charge < -0.3 is 14.8 Å². The number of hydrogen-bond donors (Lipinski definition) is 2. The van der Waals surface area contributed by atoms with Crippen LogP contribution in [0.25, 0.3) is 16.7 Å². The normalized spacial score (nSPS) is 11.2. The average molecular weight is 305 g/mol. The van der Waals surface area contributed by atoms with Gasteiger partial charge in [-0.05, 0) is 36.4 Å². The lowest BCUT2D eigenvalue weighted by Gasteiger charge is -2.01. The summed E-state index contributed by atoms with van der Waals surface area (Å²) in [6, 6.07) is 15.5. The molecule has 2 N–H and O–H groups in total. The predicted molar refractivity (Wildman–Crippen MR) is 84.6 cm³/mol. The van der Waals surface area contributed by atoms with Crippen molar-refractivity contribution in [1.82, 2.24) is 4.98 Å². The third-order valence-corrected chi connectivity index (χ3v) is 3.16. The number of nitrogens with one attached hydrogen (secondary N) is 1. The number of carboxylic acids is 1. The average Bonchev–Trinajstić information content (AvgIpc) is 2.99. The minimum absolute atomic E-state index is 0.194. The number of fused-ring (bicyclic) bond motifs is 1. The van der Waals surface area contributed by atoms with Gasteiger partial charge in [-0.25, -0.2) is 9.78 Å². The summed E-state index contributed by atoms with van der Waals surface area (Å²) in [6.45, 7) is 0. The molecule has 3 aromatic rings. The number of rotatable bonds is 4. The zero-order valence-corrected chi connectivity index (χ0v) is 11.9. The van der Waals surface area contributed by atoms with E-state index in [1.54, 1.807) is 24.3 Å². The Balaban J connectivity index is 1.84. The van der Waals surface area contributed by atoms with E-state index in [2.05, 4.69) is 10.3 Å². The van der Waals surface area contributed by atoms with Gasteiger partial charge in [-0.15, -0.1) is 0 Å². The zero-order chi connectivity index (χ0) is 16.2. The van der Waals surface area contributed by atoms with Gasteiger partial charge in [0, 0.05) is 11.9 Å². The first-order chi connectivity index (χ1) is 11.2. The van der Waals surface area contributed by atoms with Crippen LogP contribution >= 0.6 is 0 Å². The van der Waals surface area contributed by atoms with Crippen LogP contribution in [0.5, 0.6) is 0 Å². The van der Waals surface area contributed by atoms with Crippen molar-refractivity contribution in [2.45, 2.75) is 0 Å². The molecule has 0 saturated heterocycles. The van der Waals surface area contributed by atoms with Crippen LogP contribution in [-0.2, 0) is 0 Å². The van der Waals surface area contributed by atoms with Gasteiger partial charge in [0.25, 0.3) is 0 Å². The number of aromatic carboxylic acids is 1. The van der Waals surface area contributed by atoms with Crippen molar-refractivity contribution >= 4 is 28.3 Å². The fourth-order valence-corrected chi connectivity index (χ4v) is 1.99. The Bertz CT molecular complexity index is 901. The second-order valence-electron chi connectivity index (χ2n) is 4.68. The van der Waals surface area contributed by atoms with E-state index < -0.39 is 5.97 Å². The van der Waals surface area contributed by atoms with E-state index in [0.29, 0.717) is 16.8 Å². The van der Waals surface area contributed by atoms with Crippen LogP contribution in [-0.4, -0.2) is 16.1 Å². The highest BCUT2D eigenvalue weighted by Crippen LogP contribution is 2.20. The first-order valence-electron chi connectivity index (χ1n) is 6.73. The van der Waals surface area contributed by atoms with Gasteiger partial charge in [0.2, 0.25) is 5.89 Å². The molecule has 1 heterocycles. The van der Waals surface area contributed by atoms with E-state index in [0.717, 1.165) is 0 Å². The molecule has 1 aromatic heterocycles. The highest BCUT2D eigenvalue weighted by atomic mass is 16.4. The minimum atomic E-state index is -0.990. The number of nitrogens with zero attached hydrogens (tertiary/aromatic N) is 2. The number of carboxylic acid groups (broad SMARTS) is 1. The van der Waals surface area contributed by atoms with Gasteiger partial charge in [-0.3, -0.25) is 0 Å². The Morgan fingerprint density at radius 2 is 1.96 bits per heavy atom. The Morgan fingerprint density at radius 3 is 2.61 bits per heavy atom. The lowest BCUT2D eigenvalue weighted by Crippen LogP contribution is -1.96. The molecule has 0 radical (unpaired) electrons. The first kappa shape index (κ1) is 14.4. The summed E-state index contributed by atoms with van der Waals surface area (Å²) in [5, 5.41) is 21.0. The molecule has 112 valence electrons. The summed E-state index contributed by atoms with van der Waals surface area (Å²) < 4.78 is 5.54. The lowest BCUT2D eigenvalue weighted by atomic mass is 10.2. The maximum atomic E-state index is 10.8. The van der Waals surface area contributed by atoms with Crippen LogP contribution in [0.4, 0.5) is 5.69 Å². The molecule has 0 unspecified atom stereocenters. The second kappa shape index (κ2) is 6.03. The standard InChI is InChI=1S/C17H11N3O3/c18-9-12(16-20-14-3-1-2-4-15(14)23-16)10-19-13-7-5-11(6-8-13)17(21)22/h1-8,10,19H,(H,21,22)/b12-10+. The molecular weight excluding hydrogens is 294 g/mol. The topological polar surface area (TPSA) is 99.2 Å². The zero-order valence-electron chi connectivity index (χ0n) is 11.9. The highest BCUT2D eigenvalue weighted by molar-refractivity contribution is 5.88. The van der Waals surface area contributed by atoms with Crippen molar-refractivity contribution in [3.63, 3.8) is 0 Å². The van der Waals surface area contributed by atoms with Crippen LogP contribution < -0.4 is 5.32 Å². The first-order valence-corrected chi connectivity index (χ1v) is 6.73. The van der Waals surface area contributed by atoms with E-state index in [1.165, 1.54) is 18.3 Å². The van der Waals surface area contributed by atoms with E-state index in [9.17, 15) is 10.1 Å². The fraction of sp³-hybridized carbons (Fsp3) is 0. The molecule has 2 aromatic carbocycles. The third-order valence-electron chi connectivity index (χ3n) is 3.16. The Morgan fingerprint density at radius 1 is 1.22 bits per heavy atom. The smallest absolute Gasteiger partial charge is 0.335 e. The van der Waals surface area contributed by atoms with Crippen LogP contribution in [0, 0.1) is 11.3 Å². The summed E-state index contributed by atoms with van der Waals surface area (Å²) in [4.78, 5) is 15.1. The van der Waals surface area contributed by atoms with Gasteiger partial charge in [-0.1, -0.05) is 12.1 Å². The van der Waals surface area contributed by atoms with Crippen LogP contribution in [0.2, 0.25) is 0 Å². The monoisotopic (exact) mass is 305 g/mol. The maximum Gasteiger partial charge on any atom is 0.335 e. The molecule has 0 aliphatic heterocycles. The molecule has 0 aliphatic rings. The number of carbonyl (C=O) groups is 1. The van der Waals surface area contributed by atoms with Crippen molar-refractivity contribution in [2.75, 3.05) is 5.32 Å². The van der Waals surface area contributed by atoms with Gasteiger partial charge in [-0.2, -0.15) is 5.26 Å². The number of anilines is 1. The molecule has 3 rings (SSSR count). The highest BCUT2D eigenvalue weighted by Gasteiger charge is 2.10. The van der Waals surface area contributed by atoms with Gasteiger partial charge in [0.15, 0.2) is 5.58 Å². The number of hydrogen-bond acceptors (Lipinski definition) is 5. The second-order valence-corrected chi connectivity index (χ2v) is 4.68. The number of para-hydroxylation sites is 2. The molecular formula is C17H11N3O3. The molecule has 6 nitrogen and oxygen atoms in total. The number of nitriles is 1. The quantitative estimate of drug-likeness (QED) is 0.716. The van der Waals surface area contributed by atoms with Gasteiger partial charge in [0.05, 0.1) is 5.56 Å². The van der Waals surface area contributed by atoms with Crippen molar-refractivity contribution in [3.8, 4) is 6.07 Å². The molecule has 0 amide bonds. The van der Waals surface area contributed by atoms with Gasteiger partial charge >= 0.3 is 5.97 Å². The SMILES string of the molecule is N#C/C(=C\Nc1ccc(C(=O)O)cc1)c1nc2ccccc2o1. The lowest BCUT2D eigenvalue weighted by molar-refractivity contribution is 0.0697.